The van der Waals surface area contributed by atoms with Gasteiger partial charge in [-0.3, -0.25) is 4.79 Å². The molecule has 0 radical (unpaired) electrons. The second kappa shape index (κ2) is 7.55. The summed E-state index contributed by atoms with van der Waals surface area (Å²) in [5.74, 6) is 0.144. The van der Waals surface area contributed by atoms with Gasteiger partial charge in [-0.2, -0.15) is 10.5 Å². The van der Waals surface area contributed by atoms with Crippen LogP contribution in [0.15, 0.2) is 24.4 Å². The lowest BCUT2D eigenvalue weighted by atomic mass is 10.0. The van der Waals surface area contributed by atoms with Crippen molar-refractivity contribution in [3.05, 3.63) is 35.8 Å². The largest absolute Gasteiger partial charge is 0.375 e. The summed E-state index contributed by atoms with van der Waals surface area (Å²) in [4.78, 5) is 14.0. The number of aromatic nitrogens is 4. The Bertz CT molecular complexity index is 824. The van der Waals surface area contributed by atoms with E-state index in [0.717, 1.165) is 29.8 Å². The Hall–Kier alpha value is -3.25. The molecule has 1 amide bonds. The maximum absolute atomic E-state index is 12.2. The standard InChI is InChI=1S/C16H17N7O2/c1-25-10-15(24)23-6-2-3-11-4-5-13(7-14(11)23)18-9-12(8-17)16-19-21-22-20-16/h4-5,7,9,18H,2-3,6,10H2,1H3,(H,19,20,21,22). The summed E-state index contributed by atoms with van der Waals surface area (Å²) < 4.78 is 4.96. The van der Waals surface area contributed by atoms with Crippen molar-refractivity contribution in [2.75, 3.05) is 30.5 Å². The molecule has 0 spiro atoms. The molecule has 0 saturated heterocycles. The lowest BCUT2D eigenvalue weighted by Gasteiger charge is -2.29. The molecule has 0 bridgehead atoms. The molecule has 0 aliphatic carbocycles. The van der Waals surface area contributed by atoms with Crippen LogP contribution >= 0.6 is 0 Å². The van der Waals surface area contributed by atoms with E-state index in [1.54, 1.807) is 4.90 Å². The van der Waals surface area contributed by atoms with Gasteiger partial charge in [-0.15, -0.1) is 10.2 Å². The minimum atomic E-state index is -0.0688. The van der Waals surface area contributed by atoms with Gasteiger partial charge in [0.2, 0.25) is 5.82 Å². The molecular weight excluding hydrogens is 322 g/mol. The molecule has 2 aromatic rings. The van der Waals surface area contributed by atoms with Gasteiger partial charge in [-0.25, -0.2) is 0 Å². The van der Waals surface area contributed by atoms with E-state index in [0.29, 0.717) is 6.54 Å². The molecule has 0 unspecified atom stereocenters. The second-order valence-corrected chi connectivity index (χ2v) is 5.47. The van der Waals surface area contributed by atoms with Crippen LogP contribution < -0.4 is 10.2 Å². The van der Waals surface area contributed by atoms with Crippen molar-refractivity contribution < 1.29 is 9.53 Å². The Morgan fingerprint density at radius 2 is 2.44 bits per heavy atom. The van der Waals surface area contributed by atoms with E-state index >= 15 is 0 Å². The fraction of sp³-hybridized carbons (Fsp3) is 0.312. The van der Waals surface area contributed by atoms with Gasteiger partial charge >= 0.3 is 0 Å². The van der Waals surface area contributed by atoms with Crippen molar-refractivity contribution in [1.82, 2.24) is 20.6 Å². The number of amides is 1. The zero-order chi connectivity index (χ0) is 17.6. The predicted molar refractivity (Wildman–Crippen MR) is 90.4 cm³/mol. The zero-order valence-corrected chi connectivity index (χ0v) is 13.7. The van der Waals surface area contributed by atoms with E-state index in [2.05, 4.69) is 25.9 Å². The summed E-state index contributed by atoms with van der Waals surface area (Å²) in [6.07, 6.45) is 3.36. The SMILES string of the molecule is COCC(=O)N1CCCc2ccc(NC=C(C#N)c3nn[nH]n3)cc21. The van der Waals surface area contributed by atoms with E-state index in [1.807, 2.05) is 24.3 Å². The van der Waals surface area contributed by atoms with Gasteiger partial charge in [0.15, 0.2) is 0 Å². The number of nitrogens with one attached hydrogen (secondary N) is 2. The fourth-order valence-electron chi connectivity index (χ4n) is 2.70. The highest BCUT2D eigenvalue weighted by Crippen LogP contribution is 2.30. The van der Waals surface area contributed by atoms with Crippen molar-refractivity contribution in [2.45, 2.75) is 12.8 Å². The predicted octanol–water partition coefficient (Wildman–Crippen LogP) is 1.10. The average molecular weight is 339 g/mol. The van der Waals surface area contributed by atoms with Gasteiger partial charge in [0.1, 0.15) is 18.2 Å². The summed E-state index contributed by atoms with van der Waals surface area (Å²) in [6, 6.07) is 7.80. The molecule has 0 saturated carbocycles. The van der Waals surface area contributed by atoms with Crippen molar-refractivity contribution >= 4 is 22.9 Å². The molecular formula is C16H17N7O2. The molecule has 2 N–H and O–H groups in total. The molecule has 2 heterocycles. The summed E-state index contributed by atoms with van der Waals surface area (Å²) in [5, 5.41) is 25.6. The molecule has 0 fully saturated rings. The van der Waals surface area contributed by atoms with Gasteiger partial charge in [-0.05, 0) is 35.8 Å². The molecule has 128 valence electrons. The number of H-pyrrole nitrogens is 1. The van der Waals surface area contributed by atoms with Crippen molar-refractivity contribution in [2.24, 2.45) is 0 Å². The van der Waals surface area contributed by atoms with Crippen molar-refractivity contribution in [3.8, 4) is 6.07 Å². The number of ether oxygens (including phenoxy) is 1. The number of allylic oxidation sites excluding steroid dienone is 1. The van der Waals surface area contributed by atoms with E-state index < -0.39 is 0 Å². The molecule has 0 atom stereocenters. The van der Waals surface area contributed by atoms with E-state index in [1.165, 1.54) is 13.3 Å². The molecule has 1 aliphatic heterocycles. The van der Waals surface area contributed by atoms with Gasteiger partial charge in [0.05, 0.1) is 0 Å². The van der Waals surface area contributed by atoms with Crippen LogP contribution in [0.4, 0.5) is 11.4 Å². The fourth-order valence-corrected chi connectivity index (χ4v) is 2.70. The molecule has 3 rings (SSSR count). The van der Waals surface area contributed by atoms with Crippen LogP contribution in [-0.2, 0) is 16.0 Å². The first-order chi connectivity index (χ1) is 12.2. The van der Waals surface area contributed by atoms with Gasteiger partial charge < -0.3 is 15.0 Å². The Balaban J connectivity index is 1.84. The Morgan fingerprint density at radius 1 is 1.56 bits per heavy atom. The number of benzene rings is 1. The summed E-state index contributed by atoms with van der Waals surface area (Å²) in [5.41, 5.74) is 2.99. The number of hydrogen-bond donors (Lipinski definition) is 2. The minimum absolute atomic E-state index is 0.0490. The van der Waals surface area contributed by atoms with Gasteiger partial charge in [0.25, 0.3) is 5.91 Å². The van der Waals surface area contributed by atoms with Crippen LogP contribution in [0.3, 0.4) is 0 Å². The number of tetrazole rings is 1. The smallest absolute Gasteiger partial charge is 0.252 e. The molecule has 9 heteroatoms. The first-order valence-corrected chi connectivity index (χ1v) is 7.76. The average Bonchev–Trinajstić information content (AvgIpc) is 3.16. The molecule has 1 aromatic heterocycles. The number of anilines is 2. The third-order valence-electron chi connectivity index (χ3n) is 3.86. The van der Waals surface area contributed by atoms with E-state index in [4.69, 9.17) is 4.74 Å². The van der Waals surface area contributed by atoms with Crippen molar-refractivity contribution in [1.29, 1.82) is 5.26 Å². The first kappa shape index (κ1) is 16.6. The number of aryl methyl sites for hydroxylation is 1. The van der Waals surface area contributed by atoms with Crippen LogP contribution in [0.2, 0.25) is 0 Å². The third-order valence-corrected chi connectivity index (χ3v) is 3.86. The number of carbonyl (C=O) groups excluding carboxylic acids is 1. The quantitative estimate of drug-likeness (QED) is 0.783. The summed E-state index contributed by atoms with van der Waals surface area (Å²) >= 11 is 0. The first-order valence-electron chi connectivity index (χ1n) is 7.76. The molecule has 1 aliphatic rings. The number of nitrogens with zero attached hydrogens (tertiary/aromatic N) is 5. The number of fused-ring (bicyclic) bond motifs is 1. The van der Waals surface area contributed by atoms with E-state index in [9.17, 15) is 10.1 Å². The summed E-state index contributed by atoms with van der Waals surface area (Å²) in [6.45, 7) is 0.716. The third kappa shape index (κ3) is 3.64. The number of hydrogen-bond acceptors (Lipinski definition) is 7. The second-order valence-electron chi connectivity index (χ2n) is 5.47. The van der Waals surface area contributed by atoms with E-state index in [-0.39, 0.29) is 23.9 Å². The zero-order valence-electron chi connectivity index (χ0n) is 13.7. The number of carbonyl (C=O) groups is 1. The monoisotopic (exact) mass is 339 g/mol. The summed E-state index contributed by atoms with van der Waals surface area (Å²) in [7, 11) is 1.51. The Labute approximate surface area is 144 Å². The van der Waals surface area contributed by atoms with Gasteiger partial charge in [0, 0.05) is 31.2 Å². The number of rotatable bonds is 5. The van der Waals surface area contributed by atoms with Crippen LogP contribution in [0.5, 0.6) is 0 Å². The van der Waals surface area contributed by atoms with Crippen molar-refractivity contribution in [3.63, 3.8) is 0 Å². The maximum atomic E-state index is 12.2. The topological polar surface area (TPSA) is 120 Å². The highest BCUT2D eigenvalue weighted by atomic mass is 16.5. The van der Waals surface area contributed by atoms with Gasteiger partial charge in [-0.1, -0.05) is 6.07 Å². The lowest BCUT2D eigenvalue weighted by Crippen LogP contribution is -2.37. The highest BCUT2D eigenvalue weighted by molar-refractivity contribution is 5.96. The normalized spacial score (nSPS) is 13.9. The molecule has 1 aromatic carbocycles. The van der Waals surface area contributed by atoms with Crippen LogP contribution in [0.1, 0.15) is 17.8 Å². The van der Waals surface area contributed by atoms with Crippen LogP contribution in [0.25, 0.3) is 5.57 Å². The Morgan fingerprint density at radius 3 is 3.16 bits per heavy atom. The highest BCUT2D eigenvalue weighted by Gasteiger charge is 2.22. The molecule has 25 heavy (non-hydrogen) atoms. The number of nitriles is 1. The van der Waals surface area contributed by atoms with Crippen LogP contribution in [-0.4, -0.2) is 46.8 Å². The minimum Gasteiger partial charge on any atom is -0.375 e. The number of methoxy groups -OCH3 is 1. The molecule has 9 nitrogen and oxygen atoms in total. The lowest BCUT2D eigenvalue weighted by molar-refractivity contribution is -0.122. The number of aromatic amines is 1. The maximum Gasteiger partial charge on any atom is 0.252 e. The van der Waals surface area contributed by atoms with Crippen LogP contribution in [0, 0.1) is 11.3 Å². The Kier molecular flexibility index (Phi) is 5.01.